The van der Waals surface area contributed by atoms with Crippen molar-refractivity contribution in [3.8, 4) is 0 Å². The molecule has 1 aliphatic rings. The Morgan fingerprint density at radius 3 is 2.50 bits per heavy atom. The van der Waals surface area contributed by atoms with Crippen LogP contribution in [-0.2, 0) is 16.1 Å². The van der Waals surface area contributed by atoms with Crippen molar-refractivity contribution in [2.45, 2.75) is 58.9 Å². The highest BCUT2D eigenvalue weighted by molar-refractivity contribution is 5.79. The van der Waals surface area contributed by atoms with Crippen molar-refractivity contribution in [2.24, 2.45) is 5.92 Å². The minimum Gasteiger partial charge on any atom is -0.352 e. The molecule has 1 fully saturated rings. The predicted octanol–water partition coefficient (Wildman–Crippen LogP) is 3.46. The van der Waals surface area contributed by atoms with Crippen LogP contribution in [0.1, 0.15) is 63.5 Å². The van der Waals surface area contributed by atoms with Crippen LogP contribution >= 0.6 is 0 Å². The SMILES string of the molecule is CCC(=O)N1CCCC(C(=O)NCc2ccc(C(C)C)cc2)CC1. The number of benzene rings is 1. The van der Waals surface area contributed by atoms with Crippen LogP contribution in [-0.4, -0.2) is 29.8 Å². The summed E-state index contributed by atoms with van der Waals surface area (Å²) in [5, 5.41) is 3.06. The van der Waals surface area contributed by atoms with Crippen molar-refractivity contribution in [1.29, 1.82) is 0 Å². The van der Waals surface area contributed by atoms with Crippen molar-refractivity contribution in [3.63, 3.8) is 0 Å². The van der Waals surface area contributed by atoms with E-state index in [1.165, 1.54) is 5.56 Å². The number of nitrogens with one attached hydrogen (secondary N) is 1. The van der Waals surface area contributed by atoms with Crippen molar-refractivity contribution < 1.29 is 9.59 Å². The lowest BCUT2D eigenvalue weighted by atomic mass is 9.99. The molecule has 0 radical (unpaired) electrons. The van der Waals surface area contributed by atoms with E-state index in [1.807, 2.05) is 11.8 Å². The van der Waals surface area contributed by atoms with Gasteiger partial charge in [-0.05, 0) is 36.3 Å². The van der Waals surface area contributed by atoms with Crippen molar-refractivity contribution in [1.82, 2.24) is 10.2 Å². The standard InChI is InChI=1S/C20H30N2O2/c1-4-19(23)22-12-5-6-18(11-13-22)20(24)21-14-16-7-9-17(10-8-16)15(2)3/h7-10,15,18H,4-6,11-14H2,1-3H3,(H,21,24). The van der Waals surface area contributed by atoms with E-state index >= 15 is 0 Å². The first kappa shape index (κ1) is 18.5. The number of amides is 2. The summed E-state index contributed by atoms with van der Waals surface area (Å²) in [7, 11) is 0. The lowest BCUT2D eigenvalue weighted by molar-refractivity contribution is -0.131. The Balaban J connectivity index is 1.83. The van der Waals surface area contributed by atoms with Crippen molar-refractivity contribution >= 4 is 11.8 Å². The highest BCUT2D eigenvalue weighted by Gasteiger charge is 2.24. The number of carbonyl (C=O) groups is 2. The summed E-state index contributed by atoms with van der Waals surface area (Å²) < 4.78 is 0. The average Bonchev–Trinajstić information content (AvgIpc) is 2.85. The molecular weight excluding hydrogens is 300 g/mol. The zero-order valence-electron chi connectivity index (χ0n) is 15.2. The minimum atomic E-state index is 0.0228. The summed E-state index contributed by atoms with van der Waals surface area (Å²) in [5.74, 6) is 0.859. The summed E-state index contributed by atoms with van der Waals surface area (Å²) in [6, 6.07) is 8.44. The molecule has 1 N–H and O–H groups in total. The molecular formula is C20H30N2O2. The van der Waals surface area contributed by atoms with Crippen LogP contribution in [0.2, 0.25) is 0 Å². The molecule has 0 bridgehead atoms. The third-order valence-electron chi connectivity index (χ3n) is 4.87. The van der Waals surface area contributed by atoms with Crippen LogP contribution < -0.4 is 5.32 Å². The summed E-state index contributed by atoms with van der Waals surface area (Å²) in [6.07, 6.45) is 3.09. The molecule has 1 unspecified atom stereocenters. The largest absolute Gasteiger partial charge is 0.352 e. The van der Waals surface area contributed by atoms with E-state index in [0.29, 0.717) is 25.4 Å². The zero-order chi connectivity index (χ0) is 17.5. The van der Waals surface area contributed by atoms with E-state index in [1.54, 1.807) is 0 Å². The second-order valence-electron chi connectivity index (χ2n) is 6.98. The Bertz CT molecular complexity index is 551. The van der Waals surface area contributed by atoms with Gasteiger partial charge in [0.1, 0.15) is 0 Å². The van der Waals surface area contributed by atoms with Crippen LogP contribution in [0.3, 0.4) is 0 Å². The summed E-state index contributed by atoms with van der Waals surface area (Å²) in [5.41, 5.74) is 2.44. The van der Waals surface area contributed by atoms with Gasteiger partial charge in [-0.2, -0.15) is 0 Å². The normalized spacial score (nSPS) is 18.3. The quantitative estimate of drug-likeness (QED) is 0.899. The molecule has 2 amide bonds. The van der Waals surface area contributed by atoms with Gasteiger partial charge in [0.05, 0.1) is 0 Å². The van der Waals surface area contributed by atoms with Crippen molar-refractivity contribution in [3.05, 3.63) is 35.4 Å². The molecule has 0 aromatic heterocycles. The third-order valence-corrected chi connectivity index (χ3v) is 4.87. The fourth-order valence-corrected chi connectivity index (χ4v) is 3.19. The van der Waals surface area contributed by atoms with Crippen molar-refractivity contribution in [2.75, 3.05) is 13.1 Å². The first-order valence-electron chi connectivity index (χ1n) is 9.15. The average molecular weight is 330 g/mol. The van der Waals surface area contributed by atoms with Crippen LogP contribution in [0.15, 0.2) is 24.3 Å². The Labute approximate surface area is 145 Å². The first-order chi connectivity index (χ1) is 11.5. The summed E-state index contributed by atoms with van der Waals surface area (Å²) >= 11 is 0. The third kappa shape index (κ3) is 5.08. The van der Waals surface area contributed by atoms with Gasteiger partial charge >= 0.3 is 0 Å². The number of hydrogen-bond donors (Lipinski definition) is 1. The molecule has 24 heavy (non-hydrogen) atoms. The monoisotopic (exact) mass is 330 g/mol. The number of likely N-dealkylation sites (tertiary alicyclic amines) is 1. The maximum Gasteiger partial charge on any atom is 0.223 e. The number of carbonyl (C=O) groups excluding carboxylic acids is 2. The highest BCUT2D eigenvalue weighted by atomic mass is 16.2. The number of nitrogens with zero attached hydrogens (tertiary/aromatic N) is 1. The first-order valence-corrected chi connectivity index (χ1v) is 9.15. The van der Waals surface area contributed by atoms with E-state index in [9.17, 15) is 9.59 Å². The van der Waals surface area contributed by atoms with E-state index in [0.717, 1.165) is 31.4 Å². The zero-order valence-corrected chi connectivity index (χ0v) is 15.2. The highest BCUT2D eigenvalue weighted by Crippen LogP contribution is 2.19. The van der Waals surface area contributed by atoms with Crippen LogP contribution in [0.5, 0.6) is 0 Å². The van der Waals surface area contributed by atoms with Crippen LogP contribution in [0, 0.1) is 5.92 Å². The second-order valence-corrected chi connectivity index (χ2v) is 6.98. The number of hydrogen-bond acceptors (Lipinski definition) is 2. The van der Waals surface area contributed by atoms with Gasteiger partial charge in [-0.25, -0.2) is 0 Å². The molecule has 0 saturated carbocycles. The molecule has 4 nitrogen and oxygen atoms in total. The van der Waals surface area contributed by atoms with E-state index in [-0.39, 0.29) is 17.7 Å². The second kappa shape index (κ2) is 8.86. The molecule has 0 aliphatic carbocycles. The van der Waals surface area contributed by atoms with Crippen LogP contribution in [0.25, 0.3) is 0 Å². The Hall–Kier alpha value is -1.84. The van der Waals surface area contributed by atoms with Gasteiger partial charge in [0, 0.05) is 32.0 Å². The molecule has 2 rings (SSSR count). The van der Waals surface area contributed by atoms with Gasteiger partial charge in [0.25, 0.3) is 0 Å². The molecule has 1 saturated heterocycles. The fourth-order valence-electron chi connectivity index (χ4n) is 3.19. The van der Waals surface area contributed by atoms with Crippen LogP contribution in [0.4, 0.5) is 0 Å². The molecule has 1 aromatic rings. The van der Waals surface area contributed by atoms with Gasteiger partial charge in [0.15, 0.2) is 0 Å². The molecule has 132 valence electrons. The minimum absolute atomic E-state index is 0.0228. The Kier molecular flexibility index (Phi) is 6.83. The molecule has 1 atom stereocenters. The van der Waals surface area contributed by atoms with E-state index in [2.05, 4.69) is 43.4 Å². The summed E-state index contributed by atoms with van der Waals surface area (Å²) in [4.78, 5) is 26.1. The molecule has 4 heteroatoms. The molecule has 0 spiro atoms. The Morgan fingerprint density at radius 1 is 1.17 bits per heavy atom. The lowest BCUT2D eigenvalue weighted by Gasteiger charge is -2.19. The molecule has 1 aliphatic heterocycles. The van der Waals surface area contributed by atoms with Gasteiger partial charge in [0.2, 0.25) is 11.8 Å². The van der Waals surface area contributed by atoms with Gasteiger partial charge in [-0.3, -0.25) is 9.59 Å². The maximum atomic E-state index is 12.4. The molecule has 1 aromatic carbocycles. The van der Waals surface area contributed by atoms with Gasteiger partial charge in [-0.1, -0.05) is 45.0 Å². The Morgan fingerprint density at radius 2 is 1.88 bits per heavy atom. The predicted molar refractivity (Wildman–Crippen MR) is 96.6 cm³/mol. The van der Waals surface area contributed by atoms with Gasteiger partial charge < -0.3 is 10.2 Å². The van der Waals surface area contributed by atoms with E-state index in [4.69, 9.17) is 0 Å². The van der Waals surface area contributed by atoms with E-state index < -0.39 is 0 Å². The lowest BCUT2D eigenvalue weighted by Crippen LogP contribution is -2.33. The fraction of sp³-hybridized carbons (Fsp3) is 0.600. The number of rotatable bonds is 5. The molecule has 1 heterocycles. The topological polar surface area (TPSA) is 49.4 Å². The smallest absolute Gasteiger partial charge is 0.223 e. The summed E-state index contributed by atoms with van der Waals surface area (Å²) in [6.45, 7) is 8.30. The van der Waals surface area contributed by atoms with Gasteiger partial charge in [-0.15, -0.1) is 0 Å². The maximum absolute atomic E-state index is 12.4.